The van der Waals surface area contributed by atoms with Gasteiger partial charge in [0.25, 0.3) is 0 Å². The molecule has 0 unspecified atom stereocenters. The number of hydrogen-bond acceptors (Lipinski definition) is 7. The molecule has 0 saturated carbocycles. The van der Waals surface area contributed by atoms with Crippen molar-refractivity contribution < 1.29 is 33.4 Å². The zero-order chi connectivity index (χ0) is 20.6. The van der Waals surface area contributed by atoms with Crippen molar-refractivity contribution in [3.05, 3.63) is 0 Å². The van der Waals surface area contributed by atoms with Gasteiger partial charge in [0.1, 0.15) is 11.6 Å². The van der Waals surface area contributed by atoms with Crippen LogP contribution in [0.5, 0.6) is 0 Å². The number of nitrogens with zero attached hydrogens (tertiary/aromatic N) is 1. The van der Waals surface area contributed by atoms with Gasteiger partial charge >= 0.3 is 12.1 Å². The molecule has 1 rings (SSSR count). The second-order valence-electron chi connectivity index (χ2n) is 7.23. The Morgan fingerprint density at radius 3 is 2.37 bits per heavy atom. The molecule has 1 aliphatic rings. The number of rotatable bonds is 8. The molecule has 27 heavy (non-hydrogen) atoms. The predicted molar refractivity (Wildman–Crippen MR) is 96.0 cm³/mol. The summed E-state index contributed by atoms with van der Waals surface area (Å²) in [6.07, 6.45) is -0.626. The van der Waals surface area contributed by atoms with E-state index in [-0.39, 0.29) is 25.2 Å². The number of ketones is 1. The minimum Gasteiger partial charge on any atom is -0.469 e. The summed E-state index contributed by atoms with van der Waals surface area (Å²) in [7, 11) is 1.24. The summed E-state index contributed by atoms with van der Waals surface area (Å²) in [5.41, 5.74) is -0.689. The maximum absolute atomic E-state index is 12.6. The molecule has 0 aromatic rings. The Kier molecular flexibility index (Phi) is 8.68. The fourth-order valence-corrected chi connectivity index (χ4v) is 2.71. The van der Waals surface area contributed by atoms with Crippen molar-refractivity contribution in [3.8, 4) is 0 Å². The van der Waals surface area contributed by atoms with E-state index in [0.29, 0.717) is 19.6 Å². The quantitative estimate of drug-likeness (QED) is 0.620. The summed E-state index contributed by atoms with van der Waals surface area (Å²) in [6, 6.07) is -0.867. The highest BCUT2D eigenvalue weighted by molar-refractivity contribution is 5.91. The number of hydrogen-bond donors (Lipinski definition) is 1. The molecule has 2 atom stereocenters. The molecule has 0 aliphatic carbocycles. The highest BCUT2D eigenvalue weighted by Crippen LogP contribution is 2.24. The highest BCUT2D eigenvalue weighted by Gasteiger charge is 2.44. The van der Waals surface area contributed by atoms with Gasteiger partial charge in [-0.05, 0) is 34.1 Å². The number of amides is 2. The lowest BCUT2D eigenvalue weighted by molar-refractivity contribution is -0.141. The van der Waals surface area contributed by atoms with Crippen molar-refractivity contribution >= 4 is 23.8 Å². The summed E-state index contributed by atoms with van der Waals surface area (Å²) in [6.45, 7) is 7.54. The van der Waals surface area contributed by atoms with Crippen molar-refractivity contribution in [2.45, 2.75) is 64.7 Å². The molecule has 154 valence electrons. The van der Waals surface area contributed by atoms with Crippen LogP contribution in [0.4, 0.5) is 4.79 Å². The van der Waals surface area contributed by atoms with Crippen LogP contribution in [-0.2, 0) is 28.6 Å². The smallest absolute Gasteiger partial charge is 0.411 e. The molecule has 1 N–H and O–H groups in total. The average Bonchev–Trinajstić information content (AvgIpc) is 3.00. The Labute approximate surface area is 159 Å². The van der Waals surface area contributed by atoms with Crippen LogP contribution in [0.3, 0.4) is 0 Å². The lowest BCUT2D eigenvalue weighted by atomic mass is 10.1. The van der Waals surface area contributed by atoms with Gasteiger partial charge in [0, 0.05) is 19.6 Å². The van der Waals surface area contributed by atoms with Gasteiger partial charge in [0.05, 0.1) is 26.2 Å². The molecule has 9 nitrogen and oxygen atoms in total. The van der Waals surface area contributed by atoms with E-state index < -0.39 is 35.7 Å². The zero-order valence-corrected chi connectivity index (χ0v) is 16.7. The Morgan fingerprint density at radius 1 is 1.15 bits per heavy atom. The topological polar surface area (TPSA) is 111 Å². The molecule has 0 aromatic carbocycles. The van der Waals surface area contributed by atoms with Crippen LogP contribution in [0.15, 0.2) is 0 Å². The third kappa shape index (κ3) is 7.54. The Hall–Kier alpha value is -2.16. The SMILES string of the molecule is CCO[C@H]1CCN(C(=O)OC(C)(C)C)[C@@H]1C(=O)NCC(=O)CCC(=O)OC. The number of ether oxygens (including phenoxy) is 3. The minimum absolute atomic E-state index is 0.0255. The largest absolute Gasteiger partial charge is 0.469 e. The van der Waals surface area contributed by atoms with Crippen LogP contribution in [-0.4, -0.2) is 73.2 Å². The van der Waals surface area contributed by atoms with E-state index in [0.717, 1.165) is 0 Å². The second kappa shape index (κ2) is 10.2. The first-order chi connectivity index (χ1) is 12.6. The summed E-state index contributed by atoms with van der Waals surface area (Å²) >= 11 is 0. The Balaban J connectivity index is 2.70. The molecule has 0 aromatic heterocycles. The number of esters is 1. The molecule has 0 spiro atoms. The number of Topliss-reactive ketones (excluding diaryl/α,β-unsaturated/α-hetero) is 1. The normalized spacial score (nSPS) is 19.5. The summed E-state index contributed by atoms with van der Waals surface area (Å²) in [5.74, 6) is -1.27. The second-order valence-corrected chi connectivity index (χ2v) is 7.23. The lowest BCUT2D eigenvalue weighted by Crippen LogP contribution is -2.52. The first kappa shape index (κ1) is 22.9. The molecular formula is C18H30N2O7. The van der Waals surface area contributed by atoms with E-state index in [1.54, 1.807) is 27.7 Å². The number of likely N-dealkylation sites (tertiary alicyclic amines) is 1. The van der Waals surface area contributed by atoms with Gasteiger partial charge in [-0.1, -0.05) is 0 Å². The van der Waals surface area contributed by atoms with Gasteiger partial charge in [-0.25, -0.2) is 4.79 Å². The van der Waals surface area contributed by atoms with Gasteiger partial charge < -0.3 is 19.5 Å². The lowest BCUT2D eigenvalue weighted by Gasteiger charge is -2.29. The number of carbonyl (C=O) groups is 4. The van der Waals surface area contributed by atoms with Crippen LogP contribution in [0.1, 0.15) is 47.0 Å². The van der Waals surface area contributed by atoms with Gasteiger partial charge in [-0.2, -0.15) is 0 Å². The summed E-state index contributed by atoms with van der Waals surface area (Å²) in [5, 5.41) is 2.53. The van der Waals surface area contributed by atoms with Crippen molar-refractivity contribution in [2.75, 3.05) is 26.8 Å². The van der Waals surface area contributed by atoms with E-state index >= 15 is 0 Å². The average molecular weight is 386 g/mol. The molecule has 0 bridgehead atoms. The Morgan fingerprint density at radius 2 is 1.81 bits per heavy atom. The van der Waals surface area contributed by atoms with E-state index in [1.165, 1.54) is 12.0 Å². The number of methoxy groups -OCH3 is 1. The maximum Gasteiger partial charge on any atom is 0.411 e. The third-order valence-corrected chi connectivity index (χ3v) is 3.92. The van der Waals surface area contributed by atoms with Crippen molar-refractivity contribution in [1.29, 1.82) is 0 Å². The van der Waals surface area contributed by atoms with Crippen LogP contribution in [0.25, 0.3) is 0 Å². The number of carbonyl (C=O) groups excluding carboxylic acids is 4. The molecule has 1 aliphatic heterocycles. The molecule has 0 radical (unpaired) electrons. The van der Waals surface area contributed by atoms with Crippen molar-refractivity contribution in [2.24, 2.45) is 0 Å². The van der Waals surface area contributed by atoms with E-state index in [1.807, 2.05) is 0 Å². The van der Waals surface area contributed by atoms with E-state index in [2.05, 4.69) is 10.1 Å². The predicted octanol–water partition coefficient (Wildman–Crippen LogP) is 1.04. The van der Waals surface area contributed by atoms with Gasteiger partial charge in [0.15, 0.2) is 5.78 Å². The fraction of sp³-hybridized carbons (Fsp3) is 0.778. The molecule has 2 amide bonds. The Bertz CT molecular complexity index is 556. The van der Waals surface area contributed by atoms with Crippen molar-refractivity contribution in [3.63, 3.8) is 0 Å². The molecule has 1 heterocycles. The van der Waals surface area contributed by atoms with Crippen LogP contribution >= 0.6 is 0 Å². The molecular weight excluding hydrogens is 356 g/mol. The fourth-order valence-electron chi connectivity index (χ4n) is 2.71. The summed E-state index contributed by atoms with van der Waals surface area (Å²) < 4.78 is 15.4. The minimum atomic E-state index is -0.867. The molecule has 9 heteroatoms. The monoisotopic (exact) mass is 386 g/mol. The van der Waals surface area contributed by atoms with Crippen LogP contribution in [0, 0.1) is 0 Å². The first-order valence-corrected chi connectivity index (χ1v) is 9.06. The summed E-state index contributed by atoms with van der Waals surface area (Å²) in [4.78, 5) is 49.3. The van der Waals surface area contributed by atoms with E-state index in [9.17, 15) is 19.2 Å². The zero-order valence-electron chi connectivity index (χ0n) is 16.7. The van der Waals surface area contributed by atoms with Crippen LogP contribution in [0.2, 0.25) is 0 Å². The van der Waals surface area contributed by atoms with E-state index in [4.69, 9.17) is 9.47 Å². The van der Waals surface area contributed by atoms with Gasteiger partial charge in [-0.3, -0.25) is 19.3 Å². The standard InChI is InChI=1S/C18H30N2O7/c1-6-26-13-9-10-20(17(24)27-18(2,3)4)15(13)16(23)19-11-12(21)7-8-14(22)25-5/h13,15H,6-11H2,1-5H3,(H,19,23)/t13-,15-/m0/s1. The highest BCUT2D eigenvalue weighted by atomic mass is 16.6. The molecule has 1 saturated heterocycles. The van der Waals surface area contributed by atoms with Crippen molar-refractivity contribution in [1.82, 2.24) is 10.2 Å². The number of nitrogens with one attached hydrogen (secondary N) is 1. The third-order valence-electron chi connectivity index (χ3n) is 3.92. The maximum atomic E-state index is 12.6. The van der Waals surface area contributed by atoms with Gasteiger partial charge in [0.2, 0.25) is 5.91 Å². The van der Waals surface area contributed by atoms with Crippen LogP contribution < -0.4 is 5.32 Å². The first-order valence-electron chi connectivity index (χ1n) is 9.06. The molecule has 1 fully saturated rings. The van der Waals surface area contributed by atoms with Gasteiger partial charge in [-0.15, -0.1) is 0 Å².